The van der Waals surface area contributed by atoms with E-state index in [1.54, 1.807) is 0 Å². The summed E-state index contributed by atoms with van der Waals surface area (Å²) < 4.78 is 5.61. The maximum atomic E-state index is 5.61. The van der Waals surface area contributed by atoms with Crippen molar-refractivity contribution in [3.05, 3.63) is 37.0 Å². The first-order valence-electron chi connectivity index (χ1n) is 7.71. The molecule has 0 saturated carbocycles. The van der Waals surface area contributed by atoms with Crippen LogP contribution in [0.2, 0.25) is 0 Å². The molecule has 3 heterocycles. The molecule has 0 N–H and O–H groups in total. The Labute approximate surface area is 130 Å². The van der Waals surface area contributed by atoms with Crippen molar-refractivity contribution in [1.29, 1.82) is 0 Å². The van der Waals surface area contributed by atoms with Crippen molar-refractivity contribution in [2.75, 3.05) is 11.4 Å². The van der Waals surface area contributed by atoms with Crippen LogP contribution in [0.25, 0.3) is 11.2 Å². The molecule has 5 heteroatoms. The molecule has 0 spiro atoms. The van der Waals surface area contributed by atoms with E-state index in [9.17, 15) is 0 Å². The summed E-state index contributed by atoms with van der Waals surface area (Å²) in [5.41, 5.74) is 1.31. The number of fused-ring (bicyclic) bond motifs is 1. The second-order valence-electron chi connectivity index (χ2n) is 5.95. The summed E-state index contributed by atoms with van der Waals surface area (Å²) in [6.07, 6.45) is 8.01. The number of anilines is 1. The van der Waals surface area contributed by atoms with Gasteiger partial charge in [0.1, 0.15) is 5.82 Å². The third-order valence-corrected chi connectivity index (χ3v) is 4.36. The highest BCUT2D eigenvalue weighted by Gasteiger charge is 2.41. The molecule has 2 aromatic rings. The van der Waals surface area contributed by atoms with Crippen LogP contribution in [-0.2, 0) is 0 Å². The predicted molar refractivity (Wildman–Crippen MR) is 88.0 cm³/mol. The van der Waals surface area contributed by atoms with Crippen molar-refractivity contribution in [2.24, 2.45) is 0 Å². The summed E-state index contributed by atoms with van der Waals surface area (Å²) in [4.78, 5) is 15.9. The van der Waals surface area contributed by atoms with Crippen LogP contribution < -0.4 is 4.90 Å². The standard InChI is InChI=1S/C17H22N4O/c1-5-8-17(9-6-2)10-7-11-21(17)15-14-16(19-12(3)18-15)22-13(4)20-14/h5-6H,1-2,7-11H2,3-4H3. The Morgan fingerprint density at radius 3 is 2.59 bits per heavy atom. The van der Waals surface area contributed by atoms with Crippen molar-refractivity contribution in [1.82, 2.24) is 15.0 Å². The fraction of sp³-hybridized carbons (Fsp3) is 0.471. The molecule has 22 heavy (non-hydrogen) atoms. The molecule has 1 aliphatic rings. The number of aromatic nitrogens is 3. The normalized spacial score (nSPS) is 17.1. The second kappa shape index (κ2) is 5.55. The molecule has 3 rings (SSSR count). The van der Waals surface area contributed by atoms with Gasteiger partial charge in [-0.2, -0.15) is 4.98 Å². The summed E-state index contributed by atoms with van der Waals surface area (Å²) in [5.74, 6) is 2.20. The molecule has 0 aromatic carbocycles. The Hall–Kier alpha value is -2.17. The van der Waals surface area contributed by atoms with Crippen molar-refractivity contribution in [3.8, 4) is 0 Å². The number of hydrogen-bond donors (Lipinski definition) is 0. The Morgan fingerprint density at radius 2 is 1.91 bits per heavy atom. The van der Waals surface area contributed by atoms with Gasteiger partial charge in [-0.05, 0) is 32.6 Å². The van der Waals surface area contributed by atoms with Gasteiger partial charge >= 0.3 is 0 Å². The molecular formula is C17H22N4O. The Balaban J connectivity index is 2.16. The van der Waals surface area contributed by atoms with Crippen molar-refractivity contribution in [3.63, 3.8) is 0 Å². The molecule has 0 atom stereocenters. The van der Waals surface area contributed by atoms with Gasteiger partial charge in [0.15, 0.2) is 17.2 Å². The zero-order valence-corrected chi connectivity index (χ0v) is 13.3. The molecule has 0 amide bonds. The zero-order valence-electron chi connectivity index (χ0n) is 13.3. The molecular weight excluding hydrogens is 276 g/mol. The molecule has 1 aliphatic heterocycles. The van der Waals surface area contributed by atoms with E-state index in [0.717, 1.165) is 43.6 Å². The van der Waals surface area contributed by atoms with E-state index in [1.807, 2.05) is 26.0 Å². The maximum Gasteiger partial charge on any atom is 0.252 e. The van der Waals surface area contributed by atoms with Crippen molar-refractivity contribution < 1.29 is 4.42 Å². The number of rotatable bonds is 5. The van der Waals surface area contributed by atoms with Crippen molar-refractivity contribution in [2.45, 2.75) is 45.1 Å². The van der Waals surface area contributed by atoms with Gasteiger partial charge in [0.05, 0.1) is 0 Å². The minimum atomic E-state index is -0.00984. The summed E-state index contributed by atoms with van der Waals surface area (Å²) in [6.45, 7) is 12.6. The first-order chi connectivity index (χ1) is 10.6. The first kappa shape index (κ1) is 14.8. The highest BCUT2D eigenvalue weighted by molar-refractivity contribution is 5.82. The monoisotopic (exact) mass is 298 g/mol. The average Bonchev–Trinajstić information content (AvgIpc) is 3.02. The molecule has 5 nitrogen and oxygen atoms in total. The molecule has 1 saturated heterocycles. The summed E-state index contributed by atoms with van der Waals surface area (Å²) in [5, 5.41) is 0. The Kier molecular flexibility index (Phi) is 3.72. The Bertz CT molecular complexity index is 709. The lowest BCUT2D eigenvalue weighted by Gasteiger charge is -2.38. The fourth-order valence-corrected chi connectivity index (χ4v) is 3.52. The highest BCUT2D eigenvalue weighted by atomic mass is 16.4. The average molecular weight is 298 g/mol. The van der Waals surface area contributed by atoms with E-state index in [1.165, 1.54) is 0 Å². The first-order valence-corrected chi connectivity index (χ1v) is 7.71. The topological polar surface area (TPSA) is 55.1 Å². The lowest BCUT2D eigenvalue weighted by molar-refractivity contribution is 0.432. The molecule has 0 bridgehead atoms. The molecule has 1 fully saturated rings. The summed E-state index contributed by atoms with van der Waals surface area (Å²) >= 11 is 0. The van der Waals surface area contributed by atoms with Crippen LogP contribution in [0.1, 0.15) is 37.4 Å². The van der Waals surface area contributed by atoms with Gasteiger partial charge in [0, 0.05) is 19.0 Å². The third-order valence-electron chi connectivity index (χ3n) is 4.36. The lowest BCUT2D eigenvalue weighted by atomic mass is 9.88. The molecule has 0 unspecified atom stereocenters. The number of nitrogens with zero attached hydrogens (tertiary/aromatic N) is 4. The lowest BCUT2D eigenvalue weighted by Crippen LogP contribution is -2.44. The zero-order chi connectivity index (χ0) is 15.7. The minimum Gasteiger partial charge on any atom is -0.422 e. The van der Waals surface area contributed by atoms with Gasteiger partial charge in [-0.15, -0.1) is 13.2 Å². The van der Waals surface area contributed by atoms with Crippen LogP contribution in [0.4, 0.5) is 5.82 Å². The van der Waals surface area contributed by atoms with Crippen LogP contribution >= 0.6 is 0 Å². The fourth-order valence-electron chi connectivity index (χ4n) is 3.52. The van der Waals surface area contributed by atoms with Crippen LogP contribution in [0.3, 0.4) is 0 Å². The van der Waals surface area contributed by atoms with Crippen LogP contribution in [0.15, 0.2) is 29.7 Å². The SMILES string of the molecule is C=CCC1(CC=C)CCCN1c1nc(C)nc2oc(C)nc12. The second-order valence-corrected chi connectivity index (χ2v) is 5.95. The molecule has 0 aliphatic carbocycles. The summed E-state index contributed by atoms with van der Waals surface area (Å²) in [7, 11) is 0. The Morgan fingerprint density at radius 1 is 1.18 bits per heavy atom. The number of oxazole rings is 1. The van der Waals surface area contributed by atoms with E-state index in [0.29, 0.717) is 17.4 Å². The summed E-state index contributed by atoms with van der Waals surface area (Å²) in [6, 6.07) is 0. The molecule has 0 radical (unpaired) electrons. The van der Waals surface area contributed by atoms with Gasteiger partial charge < -0.3 is 9.32 Å². The predicted octanol–water partition coefficient (Wildman–Crippen LogP) is 3.73. The van der Waals surface area contributed by atoms with Gasteiger partial charge in [-0.25, -0.2) is 9.97 Å². The smallest absolute Gasteiger partial charge is 0.252 e. The van der Waals surface area contributed by atoms with Gasteiger partial charge in [-0.1, -0.05) is 12.2 Å². The molecule has 2 aromatic heterocycles. The molecule has 116 valence electrons. The number of hydrogen-bond acceptors (Lipinski definition) is 5. The van der Waals surface area contributed by atoms with E-state index in [-0.39, 0.29) is 5.54 Å². The quantitative estimate of drug-likeness (QED) is 0.787. The largest absolute Gasteiger partial charge is 0.422 e. The third kappa shape index (κ3) is 2.30. The van der Waals surface area contributed by atoms with E-state index in [4.69, 9.17) is 4.42 Å². The maximum absolute atomic E-state index is 5.61. The minimum absolute atomic E-state index is 0.00984. The van der Waals surface area contributed by atoms with Crippen molar-refractivity contribution >= 4 is 17.0 Å². The van der Waals surface area contributed by atoms with Gasteiger partial charge in [0.2, 0.25) is 0 Å². The van der Waals surface area contributed by atoms with E-state index >= 15 is 0 Å². The van der Waals surface area contributed by atoms with Gasteiger partial charge in [0.25, 0.3) is 5.71 Å². The van der Waals surface area contributed by atoms with E-state index in [2.05, 4.69) is 33.0 Å². The van der Waals surface area contributed by atoms with Crippen LogP contribution in [0, 0.1) is 13.8 Å². The van der Waals surface area contributed by atoms with E-state index < -0.39 is 0 Å². The van der Waals surface area contributed by atoms with Crippen LogP contribution in [0.5, 0.6) is 0 Å². The van der Waals surface area contributed by atoms with Crippen LogP contribution in [-0.4, -0.2) is 27.0 Å². The van der Waals surface area contributed by atoms with Gasteiger partial charge in [-0.3, -0.25) is 0 Å². The highest BCUT2D eigenvalue weighted by Crippen LogP contribution is 2.41. The number of aryl methyl sites for hydroxylation is 2.